The van der Waals surface area contributed by atoms with Crippen LogP contribution < -0.4 is 4.74 Å². The Morgan fingerprint density at radius 1 is 1.10 bits per heavy atom. The van der Waals surface area contributed by atoms with Crippen molar-refractivity contribution < 1.29 is 14.3 Å². The molecule has 1 aliphatic rings. The van der Waals surface area contributed by atoms with Crippen LogP contribution in [0.3, 0.4) is 0 Å². The fraction of sp³-hybridized carbons (Fsp3) is 0.500. The summed E-state index contributed by atoms with van der Waals surface area (Å²) in [7, 11) is 0. The molecule has 1 aromatic rings. The minimum Gasteiger partial charge on any atom is -0.488 e. The summed E-state index contributed by atoms with van der Waals surface area (Å²) in [5.41, 5.74) is 0.396. The zero-order valence-corrected chi connectivity index (χ0v) is 12.8. The lowest BCUT2D eigenvalue weighted by Gasteiger charge is -2.32. The maximum absolute atomic E-state index is 12.4. The molecular formula is C16H22N2O3. The van der Waals surface area contributed by atoms with E-state index >= 15 is 0 Å². The van der Waals surface area contributed by atoms with Gasteiger partial charge in [-0.15, -0.1) is 0 Å². The van der Waals surface area contributed by atoms with Crippen molar-refractivity contribution in [1.82, 2.24) is 9.80 Å². The van der Waals surface area contributed by atoms with Crippen LogP contribution in [0.1, 0.15) is 31.1 Å². The SMILES string of the molecule is CC(C)(C)Oc1ccc(C(=O)N2CCN(C=O)CC2)cc1. The first-order chi connectivity index (χ1) is 9.89. The van der Waals surface area contributed by atoms with Crippen molar-refractivity contribution >= 4 is 12.3 Å². The summed E-state index contributed by atoms with van der Waals surface area (Å²) in [6, 6.07) is 7.21. The number of benzene rings is 1. The molecule has 0 saturated carbocycles. The van der Waals surface area contributed by atoms with Crippen molar-refractivity contribution in [2.75, 3.05) is 26.2 Å². The van der Waals surface area contributed by atoms with Gasteiger partial charge in [-0.2, -0.15) is 0 Å². The lowest BCUT2D eigenvalue weighted by molar-refractivity contribution is -0.119. The molecule has 0 N–H and O–H groups in total. The molecule has 5 heteroatoms. The molecule has 1 heterocycles. The Hall–Kier alpha value is -2.04. The maximum atomic E-state index is 12.4. The van der Waals surface area contributed by atoms with Crippen molar-refractivity contribution in [2.24, 2.45) is 0 Å². The second-order valence-electron chi connectivity index (χ2n) is 6.17. The van der Waals surface area contributed by atoms with Crippen LogP contribution in [-0.4, -0.2) is 53.9 Å². The Morgan fingerprint density at radius 3 is 2.14 bits per heavy atom. The predicted octanol–water partition coefficient (Wildman–Crippen LogP) is 1.78. The van der Waals surface area contributed by atoms with Crippen LogP contribution in [0.15, 0.2) is 24.3 Å². The van der Waals surface area contributed by atoms with Gasteiger partial charge in [0.05, 0.1) is 0 Å². The quantitative estimate of drug-likeness (QED) is 0.797. The number of amides is 2. The Kier molecular flexibility index (Phi) is 4.50. The largest absolute Gasteiger partial charge is 0.488 e. The van der Waals surface area contributed by atoms with E-state index in [1.807, 2.05) is 32.9 Å². The molecule has 0 aromatic heterocycles. The zero-order valence-electron chi connectivity index (χ0n) is 12.8. The third kappa shape index (κ3) is 4.21. The van der Waals surface area contributed by atoms with Crippen LogP contribution in [0.5, 0.6) is 5.75 Å². The minimum atomic E-state index is -0.253. The van der Waals surface area contributed by atoms with E-state index in [1.54, 1.807) is 21.9 Å². The van der Waals surface area contributed by atoms with Gasteiger partial charge in [-0.05, 0) is 45.0 Å². The first-order valence-electron chi connectivity index (χ1n) is 7.17. The number of carbonyl (C=O) groups excluding carboxylic acids is 2. The first kappa shape index (κ1) is 15.4. The molecule has 0 radical (unpaired) electrons. The van der Waals surface area contributed by atoms with Crippen LogP contribution >= 0.6 is 0 Å². The van der Waals surface area contributed by atoms with Crippen LogP contribution in [-0.2, 0) is 4.79 Å². The fourth-order valence-electron chi connectivity index (χ4n) is 2.23. The Labute approximate surface area is 125 Å². The fourth-order valence-corrected chi connectivity index (χ4v) is 2.23. The number of piperazine rings is 1. The van der Waals surface area contributed by atoms with E-state index < -0.39 is 0 Å². The molecule has 114 valence electrons. The molecule has 0 bridgehead atoms. The highest BCUT2D eigenvalue weighted by Gasteiger charge is 2.21. The second-order valence-corrected chi connectivity index (χ2v) is 6.17. The van der Waals surface area contributed by atoms with Gasteiger partial charge >= 0.3 is 0 Å². The van der Waals surface area contributed by atoms with E-state index in [9.17, 15) is 9.59 Å². The number of nitrogens with zero attached hydrogens (tertiary/aromatic N) is 2. The summed E-state index contributed by atoms with van der Waals surface area (Å²) in [6.45, 7) is 8.31. The third-order valence-corrected chi connectivity index (χ3v) is 3.28. The smallest absolute Gasteiger partial charge is 0.253 e. The van der Waals surface area contributed by atoms with Crippen molar-refractivity contribution in [3.63, 3.8) is 0 Å². The summed E-state index contributed by atoms with van der Waals surface area (Å²) in [5.74, 6) is 0.757. The normalized spacial score (nSPS) is 15.8. The Balaban J connectivity index is 1.99. The lowest BCUT2D eigenvalue weighted by Crippen LogP contribution is -2.48. The highest BCUT2D eigenvalue weighted by molar-refractivity contribution is 5.94. The van der Waals surface area contributed by atoms with Crippen LogP contribution in [0.2, 0.25) is 0 Å². The van der Waals surface area contributed by atoms with Crippen LogP contribution in [0.25, 0.3) is 0 Å². The average molecular weight is 290 g/mol. The molecule has 0 unspecified atom stereocenters. The number of rotatable bonds is 3. The summed E-state index contributed by atoms with van der Waals surface area (Å²) >= 11 is 0. The Morgan fingerprint density at radius 2 is 1.67 bits per heavy atom. The maximum Gasteiger partial charge on any atom is 0.253 e. The predicted molar refractivity (Wildman–Crippen MR) is 80.4 cm³/mol. The van der Waals surface area contributed by atoms with Gasteiger partial charge in [0.2, 0.25) is 6.41 Å². The molecule has 0 aliphatic carbocycles. The molecule has 1 aromatic carbocycles. The standard InChI is InChI=1S/C16H22N2O3/c1-16(2,3)21-14-6-4-13(5-7-14)15(20)18-10-8-17(12-19)9-11-18/h4-7,12H,8-11H2,1-3H3. The lowest BCUT2D eigenvalue weighted by atomic mass is 10.1. The van der Waals surface area contributed by atoms with Crippen LogP contribution in [0.4, 0.5) is 0 Å². The van der Waals surface area contributed by atoms with Gasteiger partial charge in [0.15, 0.2) is 0 Å². The highest BCUT2D eigenvalue weighted by atomic mass is 16.5. The van der Waals surface area contributed by atoms with Gasteiger partial charge in [0, 0.05) is 31.7 Å². The van der Waals surface area contributed by atoms with Gasteiger partial charge in [-0.1, -0.05) is 0 Å². The average Bonchev–Trinajstić information content (AvgIpc) is 2.46. The van der Waals surface area contributed by atoms with E-state index in [0.717, 1.165) is 12.2 Å². The van der Waals surface area contributed by atoms with Gasteiger partial charge in [-0.25, -0.2) is 0 Å². The van der Waals surface area contributed by atoms with E-state index in [4.69, 9.17) is 4.74 Å². The molecule has 5 nitrogen and oxygen atoms in total. The molecule has 1 saturated heterocycles. The number of hydrogen-bond acceptors (Lipinski definition) is 3. The van der Waals surface area contributed by atoms with Crippen molar-refractivity contribution in [1.29, 1.82) is 0 Å². The van der Waals surface area contributed by atoms with Crippen LogP contribution in [0, 0.1) is 0 Å². The molecule has 1 aliphatic heterocycles. The van der Waals surface area contributed by atoms with Gasteiger partial charge in [0.25, 0.3) is 5.91 Å². The third-order valence-electron chi connectivity index (χ3n) is 3.28. The van der Waals surface area contributed by atoms with E-state index in [1.165, 1.54) is 0 Å². The van der Waals surface area contributed by atoms with Crippen molar-refractivity contribution in [3.05, 3.63) is 29.8 Å². The molecule has 1 fully saturated rings. The monoisotopic (exact) mass is 290 g/mol. The van der Waals surface area contributed by atoms with E-state index in [2.05, 4.69) is 0 Å². The first-order valence-corrected chi connectivity index (χ1v) is 7.17. The highest BCUT2D eigenvalue weighted by Crippen LogP contribution is 2.19. The second kappa shape index (κ2) is 6.16. The zero-order chi connectivity index (χ0) is 15.5. The topological polar surface area (TPSA) is 49.9 Å². The number of hydrogen-bond donors (Lipinski definition) is 0. The van der Waals surface area contributed by atoms with Gasteiger partial charge < -0.3 is 14.5 Å². The molecule has 2 rings (SSSR count). The summed E-state index contributed by atoms with van der Waals surface area (Å²) < 4.78 is 5.74. The number of carbonyl (C=O) groups is 2. The minimum absolute atomic E-state index is 0.00265. The summed E-state index contributed by atoms with van der Waals surface area (Å²) in [6.07, 6.45) is 0.834. The van der Waals surface area contributed by atoms with Gasteiger partial charge in [0.1, 0.15) is 11.4 Å². The Bertz CT molecular complexity index is 497. The molecule has 0 spiro atoms. The van der Waals surface area contributed by atoms with E-state index in [0.29, 0.717) is 31.7 Å². The molecule has 21 heavy (non-hydrogen) atoms. The van der Waals surface area contributed by atoms with E-state index in [-0.39, 0.29) is 11.5 Å². The molecular weight excluding hydrogens is 268 g/mol. The molecule has 2 amide bonds. The van der Waals surface area contributed by atoms with Gasteiger partial charge in [-0.3, -0.25) is 9.59 Å². The summed E-state index contributed by atoms with van der Waals surface area (Å²) in [4.78, 5) is 26.5. The number of ether oxygens (including phenoxy) is 1. The van der Waals surface area contributed by atoms with Crippen molar-refractivity contribution in [3.8, 4) is 5.75 Å². The summed E-state index contributed by atoms with van der Waals surface area (Å²) in [5, 5.41) is 0. The van der Waals surface area contributed by atoms with Crippen molar-refractivity contribution in [2.45, 2.75) is 26.4 Å². The molecule has 0 atom stereocenters.